The van der Waals surface area contributed by atoms with Gasteiger partial charge in [0.15, 0.2) is 0 Å². The lowest BCUT2D eigenvalue weighted by atomic mass is 9.93. The first-order valence-corrected chi connectivity index (χ1v) is 8.51. The van der Waals surface area contributed by atoms with Gasteiger partial charge in [0.1, 0.15) is 0 Å². The summed E-state index contributed by atoms with van der Waals surface area (Å²) in [5, 5.41) is 37.0. The van der Waals surface area contributed by atoms with Crippen LogP contribution in [0, 0.1) is 0 Å². The summed E-state index contributed by atoms with van der Waals surface area (Å²) in [7, 11) is 0. The molecule has 0 radical (unpaired) electrons. The van der Waals surface area contributed by atoms with Gasteiger partial charge in [-0.15, -0.1) is 0 Å². The summed E-state index contributed by atoms with van der Waals surface area (Å²) in [6.45, 7) is 0. The van der Waals surface area contributed by atoms with Crippen LogP contribution in [0.5, 0.6) is 0 Å². The van der Waals surface area contributed by atoms with E-state index in [1.54, 1.807) is 24.3 Å². The van der Waals surface area contributed by atoms with Crippen LogP contribution in [0.15, 0.2) is 60.7 Å². The Kier molecular flexibility index (Phi) is 5.33. The molecule has 0 aliphatic heterocycles. The summed E-state index contributed by atoms with van der Waals surface area (Å²) in [5.74, 6) is -5.06. The van der Waals surface area contributed by atoms with Crippen molar-refractivity contribution in [3.05, 3.63) is 82.9 Å². The van der Waals surface area contributed by atoms with Crippen LogP contribution in [0.2, 0.25) is 0 Å². The minimum Gasteiger partial charge on any atom is -0.478 e. The molecule has 8 nitrogen and oxygen atoms in total. The van der Waals surface area contributed by atoms with Crippen molar-refractivity contribution in [1.29, 1.82) is 0 Å². The number of rotatable bonds is 6. The third-order valence-electron chi connectivity index (χ3n) is 4.50. The molecule has 3 aromatic rings. The predicted octanol–water partition coefficient (Wildman–Crippen LogP) is 3.81. The fourth-order valence-corrected chi connectivity index (χ4v) is 3.04. The van der Waals surface area contributed by atoms with Gasteiger partial charge in [0.2, 0.25) is 0 Å². The van der Waals surface area contributed by atoms with Crippen LogP contribution in [0.25, 0.3) is 22.3 Å². The molecule has 0 bridgehead atoms. The topological polar surface area (TPSA) is 149 Å². The fraction of sp³-hybridized carbons (Fsp3) is 0. The Hall–Kier alpha value is -4.46. The van der Waals surface area contributed by atoms with E-state index in [-0.39, 0.29) is 22.3 Å². The zero-order chi connectivity index (χ0) is 22.0. The molecule has 0 saturated heterocycles. The monoisotopic (exact) mass is 406 g/mol. The maximum absolute atomic E-state index is 11.6. The number of carboxylic acids is 4. The number of aromatic carboxylic acids is 4. The minimum atomic E-state index is -1.28. The molecule has 0 aliphatic carbocycles. The van der Waals surface area contributed by atoms with E-state index < -0.39 is 23.9 Å². The number of carbonyl (C=O) groups is 4. The van der Waals surface area contributed by atoms with E-state index in [0.29, 0.717) is 22.3 Å². The van der Waals surface area contributed by atoms with Gasteiger partial charge in [-0.2, -0.15) is 0 Å². The average Bonchev–Trinajstić information content (AvgIpc) is 2.72. The molecule has 0 unspecified atom stereocenters. The Labute approximate surface area is 169 Å². The maximum Gasteiger partial charge on any atom is 0.336 e. The van der Waals surface area contributed by atoms with E-state index in [4.69, 9.17) is 10.2 Å². The van der Waals surface area contributed by atoms with Crippen LogP contribution >= 0.6 is 0 Å². The average molecular weight is 406 g/mol. The molecule has 3 rings (SSSR count). The van der Waals surface area contributed by atoms with Crippen LogP contribution in [0.4, 0.5) is 0 Å². The standard InChI is InChI=1S/C22H14O8/c23-19(24)13-5-7-15(17(9-13)21(27)28)11-1-2-12(4-3-11)16-8-6-14(20(25)26)10-18(16)22(29)30/h1-10H,(H,23,24)(H,25,26)(H,27,28)(H,29,30). The first-order valence-electron chi connectivity index (χ1n) is 8.51. The van der Waals surface area contributed by atoms with Crippen LogP contribution in [-0.2, 0) is 0 Å². The van der Waals surface area contributed by atoms with E-state index in [1.807, 2.05) is 0 Å². The SMILES string of the molecule is O=C(O)c1ccc(-c2ccc(-c3ccc(C(=O)O)cc3C(=O)O)cc2)c(C(=O)O)c1. The van der Waals surface area contributed by atoms with Gasteiger partial charge in [0.05, 0.1) is 22.3 Å². The summed E-state index contributed by atoms with van der Waals surface area (Å²) in [6, 6.07) is 13.8. The molecule has 3 aromatic carbocycles. The van der Waals surface area contributed by atoms with Gasteiger partial charge in [0, 0.05) is 0 Å². The molecule has 0 aromatic heterocycles. The van der Waals surface area contributed by atoms with Crippen LogP contribution < -0.4 is 0 Å². The van der Waals surface area contributed by atoms with Crippen molar-refractivity contribution in [2.24, 2.45) is 0 Å². The number of carboxylic acid groups (broad SMARTS) is 4. The third-order valence-corrected chi connectivity index (χ3v) is 4.50. The smallest absolute Gasteiger partial charge is 0.336 e. The molecule has 8 heteroatoms. The van der Waals surface area contributed by atoms with Gasteiger partial charge in [-0.3, -0.25) is 0 Å². The Morgan fingerprint density at radius 1 is 0.467 bits per heavy atom. The normalized spacial score (nSPS) is 10.4. The molecule has 4 N–H and O–H groups in total. The number of hydrogen-bond acceptors (Lipinski definition) is 4. The maximum atomic E-state index is 11.6. The van der Waals surface area contributed by atoms with Crippen molar-refractivity contribution in [3.63, 3.8) is 0 Å². The Morgan fingerprint density at radius 2 is 0.800 bits per heavy atom. The Morgan fingerprint density at radius 3 is 1.07 bits per heavy atom. The highest BCUT2D eigenvalue weighted by atomic mass is 16.4. The summed E-state index contributed by atoms with van der Waals surface area (Å²) < 4.78 is 0. The number of hydrogen-bond donors (Lipinski definition) is 4. The molecule has 0 aliphatic rings. The minimum absolute atomic E-state index is 0.155. The molecule has 0 saturated carbocycles. The molecule has 0 heterocycles. The van der Waals surface area contributed by atoms with Crippen LogP contribution in [-0.4, -0.2) is 44.3 Å². The molecular formula is C22H14O8. The summed E-state index contributed by atoms with van der Waals surface area (Å²) in [5.41, 5.74) is 0.922. The zero-order valence-electron chi connectivity index (χ0n) is 15.2. The second-order valence-corrected chi connectivity index (χ2v) is 6.32. The summed E-state index contributed by atoms with van der Waals surface area (Å²) in [6.07, 6.45) is 0. The predicted molar refractivity (Wildman–Crippen MR) is 105 cm³/mol. The molecule has 0 fully saturated rings. The van der Waals surface area contributed by atoms with E-state index >= 15 is 0 Å². The lowest BCUT2D eigenvalue weighted by Gasteiger charge is -2.11. The largest absolute Gasteiger partial charge is 0.478 e. The van der Waals surface area contributed by atoms with E-state index in [1.165, 1.54) is 24.3 Å². The van der Waals surface area contributed by atoms with Gasteiger partial charge < -0.3 is 20.4 Å². The van der Waals surface area contributed by atoms with E-state index in [9.17, 15) is 29.4 Å². The highest BCUT2D eigenvalue weighted by molar-refractivity contribution is 6.01. The van der Waals surface area contributed by atoms with Crippen molar-refractivity contribution < 1.29 is 39.6 Å². The summed E-state index contributed by atoms with van der Waals surface area (Å²) in [4.78, 5) is 45.3. The van der Waals surface area contributed by atoms with E-state index in [2.05, 4.69) is 0 Å². The van der Waals surface area contributed by atoms with Crippen molar-refractivity contribution >= 4 is 23.9 Å². The Balaban J connectivity index is 2.06. The van der Waals surface area contributed by atoms with Crippen LogP contribution in [0.1, 0.15) is 41.4 Å². The zero-order valence-corrected chi connectivity index (χ0v) is 15.2. The molecule has 0 spiro atoms. The molecule has 150 valence electrons. The van der Waals surface area contributed by atoms with Crippen molar-refractivity contribution in [3.8, 4) is 22.3 Å². The van der Waals surface area contributed by atoms with Gasteiger partial charge in [0.25, 0.3) is 0 Å². The van der Waals surface area contributed by atoms with E-state index in [0.717, 1.165) is 12.1 Å². The Bertz CT molecular complexity index is 1100. The van der Waals surface area contributed by atoms with Gasteiger partial charge in [-0.05, 0) is 46.5 Å². The third kappa shape index (κ3) is 3.88. The second kappa shape index (κ2) is 7.88. The first-order chi connectivity index (χ1) is 14.2. The van der Waals surface area contributed by atoms with Gasteiger partial charge in [-0.1, -0.05) is 36.4 Å². The number of benzene rings is 3. The highest BCUT2D eigenvalue weighted by Crippen LogP contribution is 2.30. The highest BCUT2D eigenvalue weighted by Gasteiger charge is 2.17. The molecule has 30 heavy (non-hydrogen) atoms. The lowest BCUT2D eigenvalue weighted by molar-refractivity contribution is 0.0677. The van der Waals surface area contributed by atoms with Crippen molar-refractivity contribution in [1.82, 2.24) is 0 Å². The van der Waals surface area contributed by atoms with Gasteiger partial charge >= 0.3 is 23.9 Å². The molecule has 0 amide bonds. The second-order valence-electron chi connectivity index (χ2n) is 6.32. The summed E-state index contributed by atoms with van der Waals surface area (Å²) >= 11 is 0. The quantitative estimate of drug-likeness (QED) is 0.483. The van der Waals surface area contributed by atoms with Gasteiger partial charge in [-0.25, -0.2) is 19.2 Å². The van der Waals surface area contributed by atoms with Crippen LogP contribution in [0.3, 0.4) is 0 Å². The lowest BCUT2D eigenvalue weighted by Crippen LogP contribution is -2.05. The molecular weight excluding hydrogens is 392 g/mol. The van der Waals surface area contributed by atoms with Crippen molar-refractivity contribution in [2.45, 2.75) is 0 Å². The fourth-order valence-electron chi connectivity index (χ4n) is 3.04. The molecule has 0 atom stereocenters. The van der Waals surface area contributed by atoms with Crippen molar-refractivity contribution in [2.75, 3.05) is 0 Å². The first kappa shape index (κ1) is 20.3.